The monoisotopic (exact) mass is 292 g/mol. The number of amidine groups is 1. The van der Waals surface area contributed by atoms with Crippen LogP contribution in [0.4, 0.5) is 0 Å². The van der Waals surface area contributed by atoms with Crippen LogP contribution in [-0.2, 0) is 0 Å². The van der Waals surface area contributed by atoms with E-state index in [1.807, 2.05) is 56.3 Å². The fourth-order valence-corrected chi connectivity index (χ4v) is 1.86. The Morgan fingerprint density at radius 1 is 1.14 bits per heavy atom. The van der Waals surface area contributed by atoms with Gasteiger partial charge in [-0.1, -0.05) is 49.4 Å². The Bertz CT molecular complexity index is 698. The number of pyridine rings is 1. The summed E-state index contributed by atoms with van der Waals surface area (Å²) < 4.78 is 0. The highest BCUT2D eigenvalue weighted by Gasteiger charge is 2.08. The molecule has 1 heterocycles. The molecule has 2 N–H and O–H groups in total. The van der Waals surface area contributed by atoms with E-state index in [1.165, 1.54) is 5.56 Å². The zero-order chi connectivity index (χ0) is 15.9. The van der Waals surface area contributed by atoms with Crippen molar-refractivity contribution in [3.05, 3.63) is 77.6 Å². The van der Waals surface area contributed by atoms with Gasteiger partial charge in [-0.2, -0.15) is 0 Å². The summed E-state index contributed by atoms with van der Waals surface area (Å²) in [4.78, 5) is 4.31. The van der Waals surface area contributed by atoms with Crippen LogP contribution in [0, 0.1) is 6.92 Å². The predicted molar refractivity (Wildman–Crippen MR) is 92.1 cm³/mol. The molecule has 4 nitrogen and oxygen atoms in total. The van der Waals surface area contributed by atoms with E-state index in [0.29, 0.717) is 11.5 Å². The van der Waals surface area contributed by atoms with Crippen LogP contribution in [0.2, 0.25) is 0 Å². The molecule has 0 bridgehead atoms. The summed E-state index contributed by atoms with van der Waals surface area (Å²) >= 11 is 0. The van der Waals surface area contributed by atoms with Gasteiger partial charge in [0.1, 0.15) is 5.71 Å². The third-order valence-electron chi connectivity index (χ3n) is 3.27. The SMILES string of the molecule is C=C(CC)/C(=N\N=C(/N)c1ccc(C)cc1)c1ccccn1. The molecule has 0 aliphatic carbocycles. The van der Waals surface area contributed by atoms with Crippen molar-refractivity contribution in [2.24, 2.45) is 15.9 Å². The fraction of sp³-hybridized carbons (Fsp3) is 0.167. The van der Waals surface area contributed by atoms with Crippen molar-refractivity contribution >= 4 is 11.5 Å². The topological polar surface area (TPSA) is 63.6 Å². The van der Waals surface area contributed by atoms with Crippen molar-refractivity contribution in [2.45, 2.75) is 20.3 Å². The summed E-state index contributed by atoms with van der Waals surface area (Å²) in [5, 5.41) is 8.43. The molecule has 1 aromatic heterocycles. The molecule has 0 aliphatic heterocycles. The van der Waals surface area contributed by atoms with E-state index in [9.17, 15) is 0 Å². The Morgan fingerprint density at radius 3 is 2.45 bits per heavy atom. The number of benzene rings is 1. The molecule has 0 saturated heterocycles. The van der Waals surface area contributed by atoms with E-state index in [-0.39, 0.29) is 0 Å². The van der Waals surface area contributed by atoms with Gasteiger partial charge in [0.25, 0.3) is 0 Å². The van der Waals surface area contributed by atoms with Gasteiger partial charge >= 0.3 is 0 Å². The molecule has 0 fully saturated rings. The third-order valence-corrected chi connectivity index (χ3v) is 3.27. The highest BCUT2D eigenvalue weighted by atomic mass is 15.2. The van der Waals surface area contributed by atoms with Crippen LogP contribution in [0.5, 0.6) is 0 Å². The molecular formula is C18H20N4. The minimum Gasteiger partial charge on any atom is -0.382 e. The number of allylic oxidation sites excluding steroid dienone is 1. The first-order valence-electron chi connectivity index (χ1n) is 7.19. The van der Waals surface area contributed by atoms with Crippen molar-refractivity contribution in [2.75, 3.05) is 0 Å². The Hall–Kier alpha value is -2.75. The van der Waals surface area contributed by atoms with Gasteiger partial charge in [0.05, 0.1) is 5.69 Å². The van der Waals surface area contributed by atoms with Gasteiger partial charge < -0.3 is 5.73 Å². The number of nitrogens with two attached hydrogens (primary N) is 1. The van der Waals surface area contributed by atoms with Gasteiger partial charge in [0, 0.05) is 11.8 Å². The molecule has 4 heteroatoms. The molecule has 1 aromatic carbocycles. The van der Waals surface area contributed by atoms with Crippen molar-refractivity contribution in [1.29, 1.82) is 0 Å². The summed E-state index contributed by atoms with van der Waals surface area (Å²) in [6.07, 6.45) is 2.50. The Morgan fingerprint density at radius 2 is 1.86 bits per heavy atom. The van der Waals surface area contributed by atoms with Crippen molar-refractivity contribution in [1.82, 2.24) is 4.98 Å². The summed E-state index contributed by atoms with van der Waals surface area (Å²) in [7, 11) is 0. The zero-order valence-corrected chi connectivity index (χ0v) is 13.0. The van der Waals surface area contributed by atoms with Crippen molar-refractivity contribution in [3.63, 3.8) is 0 Å². The normalized spacial score (nSPS) is 12.3. The average Bonchev–Trinajstić information content (AvgIpc) is 2.56. The van der Waals surface area contributed by atoms with Crippen LogP contribution in [-0.4, -0.2) is 16.5 Å². The first-order chi connectivity index (χ1) is 10.6. The third kappa shape index (κ3) is 3.88. The van der Waals surface area contributed by atoms with E-state index in [1.54, 1.807) is 6.20 Å². The van der Waals surface area contributed by atoms with E-state index in [2.05, 4.69) is 21.8 Å². The number of rotatable bonds is 5. The molecular weight excluding hydrogens is 272 g/mol. The van der Waals surface area contributed by atoms with Gasteiger partial charge in [-0.25, -0.2) is 0 Å². The highest BCUT2D eigenvalue weighted by molar-refractivity contribution is 6.11. The van der Waals surface area contributed by atoms with Crippen LogP contribution in [0.25, 0.3) is 0 Å². The second-order valence-electron chi connectivity index (χ2n) is 4.97. The Kier molecular flexibility index (Phi) is 5.20. The molecule has 2 rings (SSSR count). The summed E-state index contributed by atoms with van der Waals surface area (Å²) in [5.41, 5.74) is 10.3. The van der Waals surface area contributed by atoms with E-state index in [4.69, 9.17) is 5.73 Å². The number of aromatic nitrogens is 1. The predicted octanol–water partition coefficient (Wildman–Crippen LogP) is 3.47. The lowest BCUT2D eigenvalue weighted by atomic mass is 10.1. The molecule has 0 spiro atoms. The molecule has 0 radical (unpaired) electrons. The van der Waals surface area contributed by atoms with Crippen LogP contribution in [0.15, 0.2) is 71.0 Å². The minimum absolute atomic E-state index is 0.373. The number of aryl methyl sites for hydroxylation is 1. The standard InChI is InChI=1S/C18H20N4/c1-4-14(3)17(16-7-5-6-12-20-16)21-22-18(19)15-10-8-13(2)9-11-15/h5-12H,3-4H2,1-2H3,(H2,19,22)/b21-17+. The lowest BCUT2D eigenvalue weighted by molar-refractivity contribution is 1.13. The fourth-order valence-electron chi connectivity index (χ4n) is 1.86. The van der Waals surface area contributed by atoms with Gasteiger partial charge in [0.2, 0.25) is 0 Å². The van der Waals surface area contributed by atoms with Crippen LogP contribution in [0.3, 0.4) is 0 Å². The quantitative estimate of drug-likeness (QED) is 0.521. The highest BCUT2D eigenvalue weighted by Crippen LogP contribution is 2.10. The van der Waals surface area contributed by atoms with Gasteiger partial charge in [-0.3, -0.25) is 4.98 Å². The van der Waals surface area contributed by atoms with E-state index >= 15 is 0 Å². The average molecular weight is 292 g/mol. The van der Waals surface area contributed by atoms with Crippen LogP contribution < -0.4 is 5.73 Å². The molecule has 0 aliphatic rings. The van der Waals surface area contributed by atoms with Gasteiger partial charge in [0.15, 0.2) is 5.84 Å². The summed E-state index contributed by atoms with van der Waals surface area (Å²) in [5.74, 6) is 0.373. The molecule has 0 saturated carbocycles. The largest absolute Gasteiger partial charge is 0.382 e. The first-order valence-corrected chi connectivity index (χ1v) is 7.19. The lowest BCUT2D eigenvalue weighted by Crippen LogP contribution is -2.13. The Balaban J connectivity index is 2.35. The Labute approximate surface area is 131 Å². The molecule has 0 atom stereocenters. The second kappa shape index (κ2) is 7.31. The maximum atomic E-state index is 6.01. The van der Waals surface area contributed by atoms with E-state index < -0.39 is 0 Å². The van der Waals surface area contributed by atoms with Crippen molar-refractivity contribution in [3.8, 4) is 0 Å². The molecule has 2 aromatic rings. The molecule has 0 unspecified atom stereocenters. The maximum Gasteiger partial charge on any atom is 0.153 e. The first kappa shape index (κ1) is 15.6. The molecule has 22 heavy (non-hydrogen) atoms. The van der Waals surface area contributed by atoms with E-state index in [0.717, 1.165) is 23.3 Å². The number of hydrogen-bond acceptors (Lipinski definition) is 3. The summed E-state index contributed by atoms with van der Waals surface area (Å²) in [6.45, 7) is 8.08. The zero-order valence-electron chi connectivity index (χ0n) is 13.0. The van der Waals surface area contributed by atoms with Crippen LogP contribution in [0.1, 0.15) is 30.2 Å². The maximum absolute atomic E-state index is 6.01. The number of hydrogen-bond donors (Lipinski definition) is 1. The minimum atomic E-state index is 0.373. The van der Waals surface area contributed by atoms with Crippen LogP contribution >= 0.6 is 0 Å². The van der Waals surface area contributed by atoms with Gasteiger partial charge in [-0.05, 0) is 31.1 Å². The van der Waals surface area contributed by atoms with Gasteiger partial charge in [-0.15, -0.1) is 10.2 Å². The molecule has 0 amide bonds. The molecule has 112 valence electrons. The summed E-state index contributed by atoms with van der Waals surface area (Å²) in [6, 6.07) is 13.5. The number of nitrogens with zero attached hydrogens (tertiary/aromatic N) is 3. The lowest BCUT2D eigenvalue weighted by Gasteiger charge is -2.06. The van der Waals surface area contributed by atoms with Crippen molar-refractivity contribution < 1.29 is 0 Å². The smallest absolute Gasteiger partial charge is 0.153 e. The second-order valence-corrected chi connectivity index (χ2v) is 4.97.